The highest BCUT2D eigenvalue weighted by molar-refractivity contribution is 5.79. The second kappa shape index (κ2) is 25.8. The van der Waals surface area contributed by atoms with Crippen molar-refractivity contribution in [2.24, 2.45) is 5.92 Å². The molecule has 6 rings (SSSR count). The van der Waals surface area contributed by atoms with Crippen molar-refractivity contribution in [1.29, 1.82) is 0 Å². The number of ether oxygens (including phenoxy) is 9. The number of aliphatic carboxylic acids is 1. The zero-order valence-electron chi connectivity index (χ0n) is 40.3. The zero-order valence-corrected chi connectivity index (χ0v) is 40.3. The lowest BCUT2D eigenvalue weighted by Crippen LogP contribution is -2.68. The van der Waals surface area contributed by atoms with Gasteiger partial charge in [0.05, 0.1) is 44.7 Å². The molecule has 72 heavy (non-hydrogen) atoms. The Morgan fingerprint density at radius 1 is 0.778 bits per heavy atom. The van der Waals surface area contributed by atoms with Crippen LogP contribution in [0.2, 0.25) is 0 Å². The lowest BCUT2D eigenvalue weighted by Gasteiger charge is -2.49. The van der Waals surface area contributed by atoms with Crippen molar-refractivity contribution in [1.82, 2.24) is 16.0 Å². The maximum Gasteiger partial charge on any atom is 0.332 e. The molecule has 1 aliphatic carbocycles. The quantitative estimate of drug-likeness (QED) is 0.0536. The van der Waals surface area contributed by atoms with Crippen LogP contribution in [0.5, 0.6) is 5.75 Å². The topological polar surface area (TPSA) is 370 Å². The van der Waals surface area contributed by atoms with Crippen molar-refractivity contribution in [2.45, 2.75) is 170 Å². The van der Waals surface area contributed by atoms with Gasteiger partial charge in [-0.05, 0) is 38.3 Å². The molecule has 12 N–H and O–H groups in total. The van der Waals surface area contributed by atoms with Crippen LogP contribution in [0.25, 0.3) is 6.08 Å². The van der Waals surface area contributed by atoms with Gasteiger partial charge in [-0.1, -0.05) is 38.1 Å². The van der Waals surface area contributed by atoms with Crippen molar-refractivity contribution in [2.75, 3.05) is 33.0 Å². The van der Waals surface area contributed by atoms with Crippen LogP contribution in [0.15, 0.2) is 42.2 Å². The minimum atomic E-state index is -1.83. The summed E-state index contributed by atoms with van der Waals surface area (Å²) in [6.45, 7) is 7.26. The van der Waals surface area contributed by atoms with E-state index >= 15 is 0 Å². The van der Waals surface area contributed by atoms with Gasteiger partial charge in [0.25, 0.3) is 0 Å². The summed E-state index contributed by atoms with van der Waals surface area (Å²) in [7, 11) is 0. The number of carbonyl (C=O) groups is 4. The number of carboxylic acids is 1. The second-order valence-electron chi connectivity index (χ2n) is 18.5. The number of aliphatic hydroxyl groups is 8. The molecule has 3 amide bonds. The van der Waals surface area contributed by atoms with Crippen LogP contribution in [0.3, 0.4) is 0 Å². The van der Waals surface area contributed by atoms with E-state index in [2.05, 4.69) is 22.5 Å². The third kappa shape index (κ3) is 13.7. The largest absolute Gasteiger partial charge is 0.479 e. The lowest BCUT2D eigenvalue weighted by atomic mass is 9.80. The first-order valence-electron chi connectivity index (χ1n) is 23.9. The van der Waals surface area contributed by atoms with Crippen LogP contribution >= 0.6 is 0 Å². The molecule has 20 atom stereocenters. The first-order chi connectivity index (χ1) is 34.3. The van der Waals surface area contributed by atoms with Crippen LogP contribution < -0.4 is 20.7 Å². The van der Waals surface area contributed by atoms with Gasteiger partial charge < -0.3 is 105 Å². The number of benzene rings is 1. The molecule has 0 bridgehead atoms. The average molecular weight is 1030 g/mol. The molecule has 3 saturated heterocycles. The van der Waals surface area contributed by atoms with E-state index in [0.29, 0.717) is 23.5 Å². The first kappa shape index (κ1) is 57.0. The number of rotatable bonds is 21. The summed E-state index contributed by atoms with van der Waals surface area (Å²) in [6.07, 6.45) is -23.8. The van der Waals surface area contributed by atoms with Crippen LogP contribution in [-0.2, 0) is 57.1 Å². The highest BCUT2D eigenvalue weighted by Crippen LogP contribution is 2.37. The number of hydrogen-bond acceptors (Lipinski definition) is 21. The fraction of sp³-hybridized carbons (Fsp3) is 0.702. The molecule has 9 unspecified atom stereocenters. The van der Waals surface area contributed by atoms with Crippen LogP contribution in [0, 0.1) is 5.92 Å². The number of fused-ring (bicyclic) bond motifs is 1. The monoisotopic (exact) mass is 1030 g/mol. The van der Waals surface area contributed by atoms with E-state index < -0.39 is 159 Å². The number of amides is 3. The number of nitrogens with one attached hydrogen (secondary N) is 3. The summed E-state index contributed by atoms with van der Waals surface area (Å²) in [5, 5.41) is 104. The minimum absolute atomic E-state index is 0.000187. The van der Waals surface area contributed by atoms with Gasteiger partial charge in [0.15, 0.2) is 25.0 Å². The smallest absolute Gasteiger partial charge is 0.332 e. The molecule has 5 aliphatic rings. The normalized spacial score (nSPS) is 37.3. The van der Waals surface area contributed by atoms with Crippen molar-refractivity contribution in [3.8, 4) is 5.75 Å². The number of carbonyl (C=O) groups excluding carboxylic acids is 3. The SMILES string of the molecule is C=C1Oc2ccccc2C=C1COC1C(O)[C@@H](OCCNC(=O)C2CC(NC(C)=O)[C@@H](O[C@@H]3OC(C)[C@@H](O)[C@H](O)C3O)[C@H](O[C@@H]3O[C@@H](CO)[C@H](O)C(O[C@@H](CCC)C(=O)O)C3NC(C)=O)C2)OC(CO)[C@H]1O. The average Bonchev–Trinajstić information content (AvgIpc) is 3.33. The molecule has 0 spiro atoms. The molecule has 4 fully saturated rings. The fourth-order valence-electron chi connectivity index (χ4n) is 9.38. The molecule has 4 aliphatic heterocycles. The number of hydrogen-bond donors (Lipinski definition) is 12. The molecule has 404 valence electrons. The summed E-state index contributed by atoms with van der Waals surface area (Å²) >= 11 is 0. The molecule has 0 radical (unpaired) electrons. The molecule has 1 aromatic rings. The Morgan fingerprint density at radius 3 is 2.10 bits per heavy atom. The summed E-state index contributed by atoms with van der Waals surface area (Å²) in [6, 6.07) is 4.63. The zero-order chi connectivity index (χ0) is 52.6. The predicted molar refractivity (Wildman–Crippen MR) is 244 cm³/mol. The van der Waals surface area contributed by atoms with E-state index in [9.17, 15) is 65.1 Å². The molecule has 4 heterocycles. The Kier molecular flexibility index (Phi) is 20.4. The van der Waals surface area contributed by atoms with Crippen LogP contribution in [0.1, 0.15) is 58.9 Å². The molecule has 1 aromatic carbocycles. The van der Waals surface area contributed by atoms with Gasteiger partial charge in [0.2, 0.25) is 17.7 Å². The summed E-state index contributed by atoms with van der Waals surface area (Å²) in [5.41, 5.74) is 1.29. The van der Waals surface area contributed by atoms with E-state index in [-0.39, 0.29) is 39.0 Å². The Bertz CT molecular complexity index is 2050. The first-order valence-corrected chi connectivity index (χ1v) is 23.9. The molecule has 1 saturated carbocycles. The summed E-state index contributed by atoms with van der Waals surface area (Å²) in [5.74, 6) is -3.40. The molecule has 0 aromatic heterocycles. The van der Waals surface area contributed by atoms with Gasteiger partial charge in [-0.3, -0.25) is 14.4 Å². The van der Waals surface area contributed by atoms with Crippen molar-refractivity contribution in [3.05, 3.63) is 47.7 Å². The molecular formula is C47H69N3O22. The minimum Gasteiger partial charge on any atom is -0.479 e. The number of para-hydroxylation sites is 1. The van der Waals surface area contributed by atoms with Crippen LogP contribution in [0.4, 0.5) is 0 Å². The highest BCUT2D eigenvalue weighted by atomic mass is 16.7. The Hall–Kier alpha value is -4.26. The number of carboxylic acid groups (broad SMARTS) is 1. The van der Waals surface area contributed by atoms with Crippen LogP contribution in [-0.4, -0.2) is 219 Å². The maximum atomic E-state index is 14.1. The fourth-order valence-corrected chi connectivity index (χ4v) is 9.38. The lowest BCUT2D eigenvalue weighted by molar-refractivity contribution is -0.335. The molecular weight excluding hydrogens is 959 g/mol. The maximum absolute atomic E-state index is 14.1. The highest BCUT2D eigenvalue weighted by Gasteiger charge is 2.53. The van der Waals surface area contributed by atoms with Gasteiger partial charge in [0, 0.05) is 37.4 Å². The van der Waals surface area contributed by atoms with E-state index in [0.717, 1.165) is 12.5 Å². The Labute approximate surface area is 414 Å². The summed E-state index contributed by atoms with van der Waals surface area (Å²) in [4.78, 5) is 51.8. The van der Waals surface area contributed by atoms with Crippen molar-refractivity contribution >= 4 is 29.8 Å². The van der Waals surface area contributed by atoms with E-state index in [1.54, 1.807) is 25.1 Å². The van der Waals surface area contributed by atoms with Gasteiger partial charge >= 0.3 is 5.97 Å². The standard InChI is InChI=1S/C47H69N3O22/c1-6-9-29(44(62)63)68-41-33(50-23(5)54)45(70-31(17-51)35(41)56)69-30-16-25(15-27(49-22(4)53)40(30)72-47-38(59)37(58)34(55)21(3)67-47)43(61)48-12-13-64-46-39(60)42(36(57)32(18-52)71-46)65-19-26-14-24-10-7-8-11-28(24)66-20(26)2/h7-8,10-11,14,21,25,27,29-42,45-47,51-52,55-60H,2,6,9,12-13,15-19H2,1,3-5H3,(H,48,61)(H,49,53)(H,50,54)(H,62,63)/t21?,25?,27?,29-,30+,31-,32?,33?,34+,35-,36+,37-,38?,39?,40+,41?,42?,45+,46-,47-/m0/s1. The van der Waals surface area contributed by atoms with Gasteiger partial charge in [-0.2, -0.15) is 0 Å². The van der Waals surface area contributed by atoms with Gasteiger partial charge in [0.1, 0.15) is 84.7 Å². The Balaban J connectivity index is 1.19. The number of aliphatic hydroxyl groups excluding tert-OH is 8. The van der Waals surface area contributed by atoms with Crippen molar-refractivity contribution in [3.63, 3.8) is 0 Å². The molecule has 25 heteroatoms. The third-order valence-corrected chi connectivity index (χ3v) is 13.1. The predicted octanol–water partition coefficient (Wildman–Crippen LogP) is -3.33. The second-order valence-corrected chi connectivity index (χ2v) is 18.5. The van der Waals surface area contributed by atoms with Crippen molar-refractivity contribution < 1.29 is 108 Å². The van der Waals surface area contributed by atoms with E-state index in [4.69, 9.17) is 42.6 Å². The van der Waals surface area contributed by atoms with Gasteiger partial charge in [-0.15, -0.1) is 0 Å². The van der Waals surface area contributed by atoms with E-state index in [1.807, 2.05) is 12.1 Å². The third-order valence-electron chi connectivity index (χ3n) is 13.1. The summed E-state index contributed by atoms with van der Waals surface area (Å²) < 4.78 is 53.6. The Morgan fingerprint density at radius 2 is 1.44 bits per heavy atom. The van der Waals surface area contributed by atoms with E-state index in [1.165, 1.54) is 13.8 Å². The van der Waals surface area contributed by atoms with Gasteiger partial charge in [-0.25, -0.2) is 4.79 Å². The molecule has 25 nitrogen and oxygen atoms in total.